The second-order valence-corrected chi connectivity index (χ2v) is 15.7. The van der Waals surface area contributed by atoms with Crippen LogP contribution < -0.4 is 10.1 Å². The van der Waals surface area contributed by atoms with Crippen molar-refractivity contribution in [3.05, 3.63) is 47.3 Å². The molecule has 0 aliphatic rings. The number of methoxy groups -OCH3 is 1. The fraction of sp³-hybridized carbons (Fsp3) is 0.600. The molecule has 0 aliphatic heterocycles. The molecule has 0 saturated heterocycles. The zero-order valence-corrected chi connectivity index (χ0v) is 22.6. The molecule has 0 spiro atoms. The standard InChI is InChI=1S/C25H40N2O5Si/c1-24(2,3)26-23(28)31-22(16-18-10-12-19(29-7)13-11-18)21-17-20(32-27-21)14-15-30-33(8,9)25(4,5)6/h10-13,17,22H,14-16H2,1-9H3,(H,26,28)/t22-/m0/s1. The zero-order chi connectivity index (χ0) is 24.9. The molecule has 0 radical (unpaired) electrons. The molecule has 1 N–H and O–H groups in total. The van der Waals surface area contributed by atoms with Gasteiger partial charge in [0.15, 0.2) is 14.4 Å². The van der Waals surface area contributed by atoms with Crippen molar-refractivity contribution >= 4 is 14.4 Å². The fourth-order valence-corrected chi connectivity index (χ4v) is 3.91. The maximum absolute atomic E-state index is 12.5. The smallest absolute Gasteiger partial charge is 0.408 e. The number of carbonyl (C=O) groups excluding carboxylic acids is 1. The third kappa shape index (κ3) is 8.51. The van der Waals surface area contributed by atoms with Crippen LogP contribution >= 0.6 is 0 Å². The first-order valence-corrected chi connectivity index (χ1v) is 14.3. The number of benzene rings is 1. The normalized spacial score (nSPS) is 13.5. The number of nitrogens with zero attached hydrogens (tertiary/aromatic N) is 1. The van der Waals surface area contributed by atoms with Crippen LogP contribution in [0.5, 0.6) is 5.75 Å². The van der Waals surface area contributed by atoms with Gasteiger partial charge in [-0.15, -0.1) is 0 Å². The van der Waals surface area contributed by atoms with Crippen molar-refractivity contribution in [2.45, 2.75) is 84.2 Å². The Morgan fingerprint density at radius 2 is 1.76 bits per heavy atom. The van der Waals surface area contributed by atoms with Crippen molar-refractivity contribution in [1.29, 1.82) is 0 Å². The van der Waals surface area contributed by atoms with Gasteiger partial charge >= 0.3 is 6.09 Å². The number of nitrogens with one attached hydrogen (secondary N) is 1. The maximum Gasteiger partial charge on any atom is 0.408 e. The Balaban J connectivity index is 2.12. The van der Waals surface area contributed by atoms with E-state index in [1.807, 2.05) is 51.1 Å². The van der Waals surface area contributed by atoms with E-state index in [4.69, 9.17) is 18.4 Å². The van der Waals surface area contributed by atoms with E-state index in [0.717, 1.165) is 11.3 Å². The van der Waals surface area contributed by atoms with Crippen LogP contribution in [0.1, 0.15) is 64.7 Å². The molecule has 0 aliphatic carbocycles. The van der Waals surface area contributed by atoms with Gasteiger partial charge in [-0.1, -0.05) is 38.1 Å². The van der Waals surface area contributed by atoms with Gasteiger partial charge in [-0.25, -0.2) is 4.79 Å². The molecule has 2 aromatic rings. The van der Waals surface area contributed by atoms with Crippen LogP contribution in [0.3, 0.4) is 0 Å². The van der Waals surface area contributed by atoms with Gasteiger partial charge in [0.25, 0.3) is 0 Å². The molecule has 1 atom stereocenters. The summed E-state index contributed by atoms with van der Waals surface area (Å²) >= 11 is 0. The zero-order valence-electron chi connectivity index (χ0n) is 21.6. The lowest BCUT2D eigenvalue weighted by Crippen LogP contribution is -2.41. The minimum Gasteiger partial charge on any atom is -0.497 e. The van der Waals surface area contributed by atoms with Gasteiger partial charge < -0.3 is 23.7 Å². The van der Waals surface area contributed by atoms with Crippen molar-refractivity contribution < 1.29 is 23.2 Å². The average molecular weight is 477 g/mol. The molecular formula is C25H40N2O5Si. The second-order valence-electron chi connectivity index (χ2n) is 10.9. The predicted molar refractivity (Wildman–Crippen MR) is 132 cm³/mol. The topological polar surface area (TPSA) is 82.8 Å². The van der Waals surface area contributed by atoms with Crippen molar-refractivity contribution in [3.8, 4) is 5.75 Å². The van der Waals surface area contributed by atoms with Crippen molar-refractivity contribution in [2.75, 3.05) is 13.7 Å². The van der Waals surface area contributed by atoms with E-state index in [1.54, 1.807) is 7.11 Å². The SMILES string of the molecule is COc1ccc(C[C@H](OC(=O)NC(C)(C)C)c2cc(CCO[Si](C)(C)C(C)(C)C)on2)cc1. The quantitative estimate of drug-likeness (QED) is 0.443. The van der Waals surface area contributed by atoms with Crippen LogP contribution in [-0.4, -0.2) is 38.8 Å². The van der Waals surface area contributed by atoms with Crippen LogP contribution in [0, 0.1) is 0 Å². The molecule has 7 nitrogen and oxygen atoms in total. The molecule has 0 fully saturated rings. The van der Waals surface area contributed by atoms with Gasteiger partial charge in [0.1, 0.15) is 17.2 Å². The van der Waals surface area contributed by atoms with Crippen LogP contribution in [0.25, 0.3) is 0 Å². The van der Waals surface area contributed by atoms with Crippen LogP contribution in [0.2, 0.25) is 18.1 Å². The highest BCUT2D eigenvalue weighted by Crippen LogP contribution is 2.36. The summed E-state index contributed by atoms with van der Waals surface area (Å²) in [5.74, 6) is 1.48. The Morgan fingerprint density at radius 1 is 1.12 bits per heavy atom. The Hall–Kier alpha value is -2.32. The largest absolute Gasteiger partial charge is 0.497 e. The molecule has 2 rings (SSSR count). The molecule has 1 heterocycles. The number of aromatic nitrogens is 1. The Labute approximate surface area is 199 Å². The van der Waals surface area contributed by atoms with E-state index < -0.39 is 26.1 Å². The van der Waals surface area contributed by atoms with Gasteiger partial charge in [-0.05, 0) is 56.6 Å². The molecular weight excluding hydrogens is 436 g/mol. The number of hydrogen-bond donors (Lipinski definition) is 1. The molecule has 33 heavy (non-hydrogen) atoms. The molecule has 0 bridgehead atoms. The van der Waals surface area contributed by atoms with Crippen molar-refractivity contribution in [3.63, 3.8) is 0 Å². The number of ether oxygens (including phenoxy) is 2. The molecule has 0 saturated carbocycles. The van der Waals surface area contributed by atoms with Gasteiger partial charge in [-0.2, -0.15) is 0 Å². The van der Waals surface area contributed by atoms with Crippen molar-refractivity contribution in [1.82, 2.24) is 10.5 Å². The van der Waals surface area contributed by atoms with Crippen LogP contribution in [0.15, 0.2) is 34.9 Å². The maximum atomic E-state index is 12.5. The lowest BCUT2D eigenvalue weighted by Gasteiger charge is -2.36. The summed E-state index contributed by atoms with van der Waals surface area (Å²) < 4.78 is 22.8. The van der Waals surface area contributed by atoms with Crippen LogP contribution in [0.4, 0.5) is 4.79 Å². The van der Waals surface area contributed by atoms with Gasteiger partial charge in [0, 0.05) is 31.1 Å². The van der Waals surface area contributed by atoms with E-state index in [0.29, 0.717) is 30.9 Å². The summed E-state index contributed by atoms with van der Waals surface area (Å²) in [5, 5.41) is 7.20. The lowest BCUT2D eigenvalue weighted by molar-refractivity contribution is 0.0870. The molecule has 1 amide bonds. The summed E-state index contributed by atoms with van der Waals surface area (Å²) in [6, 6.07) is 9.52. The molecule has 1 aromatic carbocycles. The number of rotatable bonds is 9. The monoisotopic (exact) mass is 476 g/mol. The number of amides is 1. The Kier molecular flexibility index (Phi) is 8.76. The van der Waals surface area contributed by atoms with E-state index in [2.05, 4.69) is 44.3 Å². The highest BCUT2D eigenvalue weighted by atomic mass is 28.4. The van der Waals surface area contributed by atoms with Crippen molar-refractivity contribution in [2.24, 2.45) is 0 Å². The number of alkyl carbamates (subject to hydrolysis) is 1. The first-order chi connectivity index (χ1) is 15.2. The average Bonchev–Trinajstić information content (AvgIpc) is 3.14. The van der Waals surface area contributed by atoms with E-state index in [-0.39, 0.29) is 5.04 Å². The summed E-state index contributed by atoms with van der Waals surface area (Å²) in [4.78, 5) is 12.5. The fourth-order valence-electron chi connectivity index (χ4n) is 2.87. The van der Waals surface area contributed by atoms with Gasteiger partial charge in [-0.3, -0.25) is 0 Å². The number of hydrogen-bond acceptors (Lipinski definition) is 6. The summed E-state index contributed by atoms with van der Waals surface area (Å²) in [7, 11) is -0.199. The lowest BCUT2D eigenvalue weighted by atomic mass is 10.0. The predicted octanol–water partition coefficient (Wildman–Crippen LogP) is 6.06. The second kappa shape index (κ2) is 10.7. The van der Waals surface area contributed by atoms with Gasteiger partial charge in [0.05, 0.1) is 7.11 Å². The third-order valence-corrected chi connectivity index (χ3v) is 10.4. The molecule has 184 valence electrons. The highest BCUT2D eigenvalue weighted by molar-refractivity contribution is 6.74. The van der Waals surface area contributed by atoms with E-state index in [1.165, 1.54) is 0 Å². The summed E-state index contributed by atoms with van der Waals surface area (Å²) in [6.07, 6.45) is 0.00288. The molecule has 8 heteroatoms. The minimum absolute atomic E-state index is 0.150. The van der Waals surface area contributed by atoms with Crippen LogP contribution in [-0.2, 0) is 22.0 Å². The summed E-state index contributed by atoms with van der Waals surface area (Å²) in [5.41, 5.74) is 1.17. The first-order valence-electron chi connectivity index (χ1n) is 11.4. The Morgan fingerprint density at radius 3 is 2.30 bits per heavy atom. The van der Waals surface area contributed by atoms with E-state index in [9.17, 15) is 4.79 Å². The summed E-state index contributed by atoms with van der Waals surface area (Å²) in [6.45, 7) is 17.4. The third-order valence-electron chi connectivity index (χ3n) is 5.83. The minimum atomic E-state index is -1.83. The molecule has 1 aromatic heterocycles. The van der Waals surface area contributed by atoms with E-state index >= 15 is 0 Å². The highest BCUT2D eigenvalue weighted by Gasteiger charge is 2.37. The first kappa shape index (κ1) is 26.9. The molecule has 0 unspecified atom stereocenters. The van der Waals surface area contributed by atoms with Gasteiger partial charge in [0.2, 0.25) is 0 Å². The Bertz CT molecular complexity index is 895. The number of carbonyl (C=O) groups is 1.